The molecule has 0 unspecified atom stereocenters. The van der Waals surface area contributed by atoms with Crippen LogP contribution in [-0.2, 0) is 16.4 Å². The van der Waals surface area contributed by atoms with Crippen molar-refractivity contribution in [2.24, 2.45) is 0 Å². The van der Waals surface area contributed by atoms with Gasteiger partial charge in [0.1, 0.15) is 5.75 Å². The summed E-state index contributed by atoms with van der Waals surface area (Å²) < 4.78 is 65.7. The molecular weight excluding hydrogens is 419 g/mol. The van der Waals surface area contributed by atoms with Crippen molar-refractivity contribution < 1.29 is 31.1 Å². The van der Waals surface area contributed by atoms with Crippen LogP contribution in [0.2, 0.25) is 5.02 Å². The second kappa shape index (κ2) is 8.83. The second-order valence-corrected chi connectivity index (χ2v) is 8.45. The van der Waals surface area contributed by atoms with E-state index in [2.05, 4.69) is 10.1 Å². The van der Waals surface area contributed by atoms with E-state index in [9.17, 15) is 26.4 Å². The molecule has 0 aromatic heterocycles. The first-order chi connectivity index (χ1) is 13.0. The fourth-order valence-corrected chi connectivity index (χ4v) is 3.63. The third kappa shape index (κ3) is 6.13. The van der Waals surface area contributed by atoms with Crippen LogP contribution in [0.15, 0.2) is 47.4 Å². The van der Waals surface area contributed by atoms with E-state index in [1.807, 2.05) is 0 Å². The van der Waals surface area contributed by atoms with Gasteiger partial charge in [-0.15, -0.1) is 0 Å². The Hall–Kier alpha value is -2.26. The molecule has 10 heteroatoms. The number of alkyl halides is 3. The van der Waals surface area contributed by atoms with E-state index in [0.29, 0.717) is 10.6 Å². The van der Waals surface area contributed by atoms with Crippen LogP contribution in [0.25, 0.3) is 0 Å². The van der Waals surface area contributed by atoms with E-state index in [0.717, 1.165) is 0 Å². The van der Waals surface area contributed by atoms with Gasteiger partial charge in [0.25, 0.3) is 5.91 Å². The van der Waals surface area contributed by atoms with Gasteiger partial charge in [0.15, 0.2) is 16.4 Å². The summed E-state index contributed by atoms with van der Waals surface area (Å²) in [5.74, 6) is -0.826. The topological polar surface area (TPSA) is 72.5 Å². The lowest BCUT2D eigenvalue weighted by Gasteiger charge is -2.12. The molecule has 5 nitrogen and oxygen atoms in total. The fraction of sp³-hybridized carbons (Fsp3) is 0.278. The van der Waals surface area contributed by atoms with Crippen molar-refractivity contribution in [1.82, 2.24) is 5.32 Å². The van der Waals surface area contributed by atoms with E-state index in [-0.39, 0.29) is 28.5 Å². The normalized spacial score (nSPS) is 11.9. The number of amides is 1. The van der Waals surface area contributed by atoms with Crippen molar-refractivity contribution in [3.8, 4) is 5.75 Å². The molecule has 0 saturated carbocycles. The molecule has 152 valence electrons. The molecule has 1 amide bonds. The minimum atomic E-state index is -4.49. The quantitative estimate of drug-likeness (QED) is 0.713. The Bertz CT molecular complexity index is 962. The maximum Gasteiger partial charge on any atom is 0.422 e. The van der Waals surface area contributed by atoms with Crippen LogP contribution >= 0.6 is 11.6 Å². The zero-order chi connectivity index (χ0) is 20.9. The van der Waals surface area contributed by atoms with Crippen LogP contribution in [0.4, 0.5) is 13.2 Å². The van der Waals surface area contributed by atoms with E-state index >= 15 is 0 Å². The molecule has 0 spiro atoms. The van der Waals surface area contributed by atoms with E-state index in [1.54, 1.807) is 0 Å². The third-order valence-corrected chi connectivity index (χ3v) is 5.74. The first-order valence-electron chi connectivity index (χ1n) is 8.11. The van der Waals surface area contributed by atoms with Gasteiger partial charge in [-0.25, -0.2) is 8.42 Å². The molecule has 0 aliphatic rings. The van der Waals surface area contributed by atoms with Gasteiger partial charge in [0.05, 0.1) is 10.6 Å². The van der Waals surface area contributed by atoms with E-state index in [1.165, 1.54) is 49.4 Å². The van der Waals surface area contributed by atoms with Crippen LogP contribution in [0.5, 0.6) is 5.75 Å². The Morgan fingerprint density at radius 3 is 2.54 bits per heavy atom. The summed E-state index contributed by atoms with van der Waals surface area (Å²) in [7, 11) is -3.52. The summed E-state index contributed by atoms with van der Waals surface area (Å²) in [5, 5.41) is 2.85. The molecule has 1 N–H and O–H groups in total. The smallest absolute Gasteiger partial charge is 0.422 e. The number of ether oxygens (including phenoxy) is 1. The predicted molar refractivity (Wildman–Crippen MR) is 98.3 cm³/mol. The highest BCUT2D eigenvalue weighted by molar-refractivity contribution is 7.91. The largest absolute Gasteiger partial charge is 0.484 e. The number of nitrogens with one attached hydrogen (secondary N) is 1. The number of sulfone groups is 1. The molecule has 28 heavy (non-hydrogen) atoms. The van der Waals surface area contributed by atoms with Crippen LogP contribution in [-0.4, -0.2) is 32.9 Å². The molecule has 0 fully saturated rings. The summed E-state index contributed by atoms with van der Waals surface area (Å²) in [5.41, 5.74) is 0.383. The summed E-state index contributed by atoms with van der Waals surface area (Å²) in [6.07, 6.45) is -4.49. The van der Waals surface area contributed by atoms with Crippen LogP contribution in [0, 0.1) is 0 Å². The SMILES string of the molecule is CCS(=O)(=O)c1ccc(Cl)cc1CNC(=O)c1cccc(OCC(F)(F)F)c1. The first-order valence-corrected chi connectivity index (χ1v) is 10.1. The summed E-state index contributed by atoms with van der Waals surface area (Å²) in [4.78, 5) is 12.4. The highest BCUT2D eigenvalue weighted by Gasteiger charge is 2.28. The van der Waals surface area contributed by atoms with Crippen molar-refractivity contribution >= 4 is 27.3 Å². The number of carbonyl (C=O) groups is 1. The molecule has 0 heterocycles. The summed E-state index contributed by atoms with van der Waals surface area (Å²) in [6.45, 7) is -0.0981. The van der Waals surface area contributed by atoms with E-state index in [4.69, 9.17) is 11.6 Å². The number of hydrogen-bond donors (Lipinski definition) is 1. The van der Waals surface area contributed by atoms with Gasteiger partial charge in [-0.05, 0) is 42.0 Å². The molecule has 2 aromatic carbocycles. The molecule has 0 saturated heterocycles. The van der Waals surface area contributed by atoms with Crippen molar-refractivity contribution in [1.29, 1.82) is 0 Å². The van der Waals surface area contributed by atoms with Gasteiger partial charge < -0.3 is 10.1 Å². The lowest BCUT2D eigenvalue weighted by Crippen LogP contribution is -2.24. The second-order valence-electron chi connectivity index (χ2n) is 5.77. The van der Waals surface area contributed by atoms with E-state index < -0.39 is 28.5 Å². The van der Waals surface area contributed by atoms with Crippen LogP contribution < -0.4 is 10.1 Å². The average molecular weight is 436 g/mol. The number of carbonyl (C=O) groups excluding carboxylic acids is 1. The van der Waals surface area contributed by atoms with Crippen molar-refractivity contribution in [3.05, 3.63) is 58.6 Å². The zero-order valence-corrected chi connectivity index (χ0v) is 16.3. The van der Waals surface area contributed by atoms with Gasteiger partial charge in [0, 0.05) is 17.1 Å². The van der Waals surface area contributed by atoms with Gasteiger partial charge in [-0.3, -0.25) is 4.79 Å². The minimum absolute atomic E-state index is 0.0574. The van der Waals surface area contributed by atoms with Crippen molar-refractivity contribution in [2.75, 3.05) is 12.4 Å². The molecule has 0 aliphatic carbocycles. The maximum absolute atomic E-state index is 12.3. The number of benzene rings is 2. The Morgan fingerprint density at radius 2 is 1.89 bits per heavy atom. The lowest BCUT2D eigenvalue weighted by molar-refractivity contribution is -0.153. The van der Waals surface area contributed by atoms with Gasteiger partial charge in [0.2, 0.25) is 0 Å². The highest BCUT2D eigenvalue weighted by Crippen LogP contribution is 2.22. The Kier molecular flexibility index (Phi) is 6.95. The molecular formula is C18H17ClF3NO4S. The van der Waals surface area contributed by atoms with Crippen molar-refractivity contribution in [3.63, 3.8) is 0 Å². The third-order valence-electron chi connectivity index (χ3n) is 3.68. The monoisotopic (exact) mass is 435 g/mol. The molecule has 2 rings (SSSR count). The predicted octanol–water partition coefficient (Wildman–Crippen LogP) is 4.00. The van der Waals surface area contributed by atoms with Gasteiger partial charge in [-0.2, -0.15) is 13.2 Å². The van der Waals surface area contributed by atoms with Gasteiger partial charge >= 0.3 is 6.18 Å². The van der Waals surface area contributed by atoms with Crippen LogP contribution in [0.1, 0.15) is 22.8 Å². The molecule has 0 radical (unpaired) electrons. The Morgan fingerprint density at radius 1 is 1.18 bits per heavy atom. The van der Waals surface area contributed by atoms with Crippen molar-refractivity contribution in [2.45, 2.75) is 24.5 Å². The summed E-state index contributed by atoms with van der Waals surface area (Å²) in [6, 6.07) is 9.50. The number of rotatable bonds is 7. The highest BCUT2D eigenvalue weighted by atomic mass is 35.5. The lowest BCUT2D eigenvalue weighted by atomic mass is 10.2. The summed E-state index contributed by atoms with van der Waals surface area (Å²) >= 11 is 5.92. The fourth-order valence-electron chi connectivity index (χ4n) is 2.31. The molecule has 2 aromatic rings. The standard InChI is InChI=1S/C18H17ClF3NO4S/c1-2-28(25,26)16-7-6-14(19)8-13(16)10-23-17(24)12-4-3-5-15(9-12)27-11-18(20,21)22/h3-9H,2,10-11H2,1H3,(H,23,24). The molecule has 0 atom stereocenters. The molecule has 0 bridgehead atoms. The average Bonchev–Trinajstić information content (AvgIpc) is 2.64. The number of hydrogen-bond acceptors (Lipinski definition) is 4. The minimum Gasteiger partial charge on any atom is -0.484 e. The molecule has 0 aliphatic heterocycles. The maximum atomic E-state index is 12.3. The Labute approximate surface area is 165 Å². The zero-order valence-electron chi connectivity index (χ0n) is 14.7. The van der Waals surface area contributed by atoms with Gasteiger partial charge in [-0.1, -0.05) is 24.6 Å². The van der Waals surface area contributed by atoms with Crippen LogP contribution in [0.3, 0.4) is 0 Å². The Balaban J connectivity index is 2.14. The number of halogens is 4. The first kappa shape index (κ1) is 22.0.